The summed E-state index contributed by atoms with van der Waals surface area (Å²) in [5.41, 5.74) is -0.189. The molecule has 1 aromatic rings. The summed E-state index contributed by atoms with van der Waals surface area (Å²) in [4.78, 5) is 22.6. The fourth-order valence-corrected chi connectivity index (χ4v) is 2.00. The van der Waals surface area contributed by atoms with Crippen LogP contribution in [0.5, 0.6) is 0 Å². The maximum Gasteiger partial charge on any atom is 0.271 e. The monoisotopic (exact) mass is 232 g/mol. The Morgan fingerprint density at radius 1 is 1.53 bits per heavy atom. The lowest BCUT2D eigenvalue weighted by Gasteiger charge is -2.14. The van der Waals surface area contributed by atoms with Crippen LogP contribution in [0.15, 0.2) is 16.9 Å². The number of aromatic nitrogens is 2. The predicted octanol–water partition coefficient (Wildman–Crippen LogP) is 0.192. The molecular weight excluding hydrogens is 220 g/mol. The first kappa shape index (κ1) is 11.3. The SMILES string of the molecule is N#CC1CCCC1NC(=O)c1ccc(=O)[nH]n1. The molecule has 0 bridgehead atoms. The van der Waals surface area contributed by atoms with E-state index in [-0.39, 0.29) is 29.1 Å². The lowest BCUT2D eigenvalue weighted by molar-refractivity contribution is 0.0926. The van der Waals surface area contributed by atoms with E-state index >= 15 is 0 Å². The zero-order valence-electron chi connectivity index (χ0n) is 9.14. The number of H-pyrrole nitrogens is 1. The zero-order valence-corrected chi connectivity index (χ0v) is 9.14. The lowest BCUT2D eigenvalue weighted by atomic mass is 10.1. The topological polar surface area (TPSA) is 98.6 Å². The van der Waals surface area contributed by atoms with Crippen molar-refractivity contribution in [3.8, 4) is 6.07 Å². The molecule has 2 rings (SSSR count). The van der Waals surface area contributed by atoms with Gasteiger partial charge in [0.05, 0.1) is 12.0 Å². The number of nitrogens with zero attached hydrogens (tertiary/aromatic N) is 2. The summed E-state index contributed by atoms with van der Waals surface area (Å²) >= 11 is 0. The van der Waals surface area contributed by atoms with Crippen molar-refractivity contribution in [2.75, 3.05) is 0 Å². The molecule has 6 heteroatoms. The zero-order chi connectivity index (χ0) is 12.3. The van der Waals surface area contributed by atoms with Gasteiger partial charge in [0.25, 0.3) is 11.5 Å². The van der Waals surface area contributed by atoms with Gasteiger partial charge >= 0.3 is 0 Å². The van der Waals surface area contributed by atoms with E-state index in [0.717, 1.165) is 19.3 Å². The summed E-state index contributed by atoms with van der Waals surface area (Å²) in [6.07, 6.45) is 2.58. The Kier molecular flexibility index (Phi) is 3.19. The van der Waals surface area contributed by atoms with Gasteiger partial charge in [0.2, 0.25) is 0 Å². The molecular formula is C11H12N4O2. The van der Waals surface area contributed by atoms with Crippen LogP contribution in [0.4, 0.5) is 0 Å². The van der Waals surface area contributed by atoms with E-state index in [1.165, 1.54) is 12.1 Å². The maximum atomic E-state index is 11.8. The summed E-state index contributed by atoms with van der Waals surface area (Å²) in [6.45, 7) is 0. The smallest absolute Gasteiger partial charge is 0.271 e. The number of carbonyl (C=O) groups is 1. The first-order valence-electron chi connectivity index (χ1n) is 5.47. The highest BCUT2D eigenvalue weighted by Gasteiger charge is 2.28. The van der Waals surface area contributed by atoms with Gasteiger partial charge in [-0.05, 0) is 25.3 Å². The number of hydrogen-bond acceptors (Lipinski definition) is 4. The first-order chi connectivity index (χ1) is 8.20. The van der Waals surface area contributed by atoms with Crippen molar-refractivity contribution in [3.63, 3.8) is 0 Å². The van der Waals surface area contributed by atoms with Crippen molar-refractivity contribution in [2.45, 2.75) is 25.3 Å². The third-order valence-corrected chi connectivity index (χ3v) is 2.91. The molecule has 1 aliphatic rings. The Balaban J connectivity index is 2.04. The van der Waals surface area contributed by atoms with Crippen molar-refractivity contribution in [1.82, 2.24) is 15.5 Å². The van der Waals surface area contributed by atoms with Gasteiger partial charge in [-0.1, -0.05) is 0 Å². The number of amides is 1. The average Bonchev–Trinajstić information content (AvgIpc) is 2.77. The van der Waals surface area contributed by atoms with Gasteiger partial charge in [0.15, 0.2) is 0 Å². The van der Waals surface area contributed by atoms with E-state index in [1.807, 2.05) is 0 Å². The van der Waals surface area contributed by atoms with Crippen molar-refractivity contribution in [3.05, 3.63) is 28.2 Å². The van der Waals surface area contributed by atoms with E-state index in [9.17, 15) is 9.59 Å². The maximum absolute atomic E-state index is 11.8. The molecule has 0 aliphatic heterocycles. The van der Waals surface area contributed by atoms with Crippen LogP contribution in [0.3, 0.4) is 0 Å². The van der Waals surface area contributed by atoms with E-state index in [0.29, 0.717) is 0 Å². The van der Waals surface area contributed by atoms with E-state index in [1.54, 1.807) is 0 Å². The predicted molar refractivity (Wildman–Crippen MR) is 59.1 cm³/mol. The molecule has 0 aromatic carbocycles. The van der Waals surface area contributed by atoms with Crippen LogP contribution in [-0.2, 0) is 0 Å². The minimum atomic E-state index is -0.353. The van der Waals surface area contributed by atoms with Gasteiger partial charge in [-0.25, -0.2) is 5.10 Å². The van der Waals surface area contributed by atoms with Crippen LogP contribution >= 0.6 is 0 Å². The Labute approximate surface area is 97.7 Å². The van der Waals surface area contributed by atoms with Crippen molar-refractivity contribution in [1.29, 1.82) is 5.26 Å². The molecule has 1 saturated carbocycles. The Bertz CT molecular complexity index is 496. The number of hydrogen-bond donors (Lipinski definition) is 2. The summed E-state index contributed by atoms with van der Waals surface area (Å²) in [6, 6.07) is 4.69. The van der Waals surface area contributed by atoms with E-state index in [4.69, 9.17) is 5.26 Å². The molecule has 1 fully saturated rings. The van der Waals surface area contributed by atoms with Crippen molar-refractivity contribution in [2.24, 2.45) is 5.92 Å². The van der Waals surface area contributed by atoms with Gasteiger partial charge in [0.1, 0.15) is 5.69 Å². The molecule has 0 saturated heterocycles. The molecule has 1 aromatic heterocycles. The molecule has 0 spiro atoms. The highest BCUT2D eigenvalue weighted by molar-refractivity contribution is 5.92. The molecule has 2 atom stereocenters. The van der Waals surface area contributed by atoms with E-state index < -0.39 is 0 Å². The molecule has 1 amide bonds. The molecule has 1 heterocycles. The van der Waals surface area contributed by atoms with Crippen LogP contribution in [0.2, 0.25) is 0 Å². The average molecular weight is 232 g/mol. The third-order valence-electron chi connectivity index (χ3n) is 2.91. The molecule has 6 nitrogen and oxygen atoms in total. The summed E-state index contributed by atoms with van der Waals surface area (Å²) in [7, 11) is 0. The highest BCUT2D eigenvalue weighted by atomic mass is 16.2. The Hall–Kier alpha value is -2.16. The third kappa shape index (κ3) is 2.50. The van der Waals surface area contributed by atoms with Crippen LogP contribution < -0.4 is 10.9 Å². The molecule has 2 unspecified atom stereocenters. The van der Waals surface area contributed by atoms with Gasteiger partial charge < -0.3 is 5.32 Å². The van der Waals surface area contributed by atoms with Gasteiger partial charge in [-0.3, -0.25) is 9.59 Å². The molecule has 2 N–H and O–H groups in total. The second-order valence-corrected chi connectivity index (χ2v) is 4.05. The lowest BCUT2D eigenvalue weighted by Crippen LogP contribution is -2.37. The number of nitrogens with one attached hydrogen (secondary N) is 2. The molecule has 17 heavy (non-hydrogen) atoms. The Morgan fingerprint density at radius 2 is 2.35 bits per heavy atom. The number of rotatable bonds is 2. The van der Waals surface area contributed by atoms with Crippen LogP contribution in [0, 0.1) is 17.2 Å². The standard InChI is InChI=1S/C11H12N4O2/c12-6-7-2-1-3-8(7)13-11(17)9-4-5-10(16)15-14-9/h4-5,7-8H,1-3H2,(H,13,17)(H,15,16). The second-order valence-electron chi connectivity index (χ2n) is 4.05. The molecule has 1 aliphatic carbocycles. The minimum Gasteiger partial charge on any atom is -0.347 e. The highest BCUT2D eigenvalue weighted by Crippen LogP contribution is 2.24. The fourth-order valence-electron chi connectivity index (χ4n) is 2.00. The van der Waals surface area contributed by atoms with E-state index in [2.05, 4.69) is 21.6 Å². The number of nitriles is 1. The molecule has 88 valence electrons. The first-order valence-corrected chi connectivity index (χ1v) is 5.47. The second kappa shape index (κ2) is 4.78. The summed E-state index contributed by atoms with van der Waals surface area (Å²) < 4.78 is 0. The van der Waals surface area contributed by atoms with Crippen LogP contribution in [0.25, 0.3) is 0 Å². The van der Waals surface area contributed by atoms with Gasteiger partial charge in [-0.15, -0.1) is 0 Å². The van der Waals surface area contributed by atoms with Gasteiger partial charge in [-0.2, -0.15) is 10.4 Å². The summed E-state index contributed by atoms with van der Waals surface area (Å²) in [5, 5.41) is 17.5. The molecule has 0 radical (unpaired) electrons. The summed E-state index contributed by atoms with van der Waals surface area (Å²) in [5.74, 6) is -0.477. The van der Waals surface area contributed by atoms with Crippen molar-refractivity contribution < 1.29 is 4.79 Å². The minimum absolute atomic E-state index is 0.110. The number of aromatic amines is 1. The van der Waals surface area contributed by atoms with Crippen molar-refractivity contribution >= 4 is 5.91 Å². The van der Waals surface area contributed by atoms with Crippen LogP contribution in [-0.4, -0.2) is 22.1 Å². The van der Waals surface area contributed by atoms with Gasteiger partial charge in [0, 0.05) is 12.1 Å². The quantitative estimate of drug-likeness (QED) is 0.760. The fraction of sp³-hybridized carbons (Fsp3) is 0.455. The van der Waals surface area contributed by atoms with Crippen LogP contribution in [0.1, 0.15) is 29.8 Å². The number of carbonyl (C=O) groups excluding carboxylic acids is 1. The largest absolute Gasteiger partial charge is 0.347 e. The normalized spacial score (nSPS) is 23.0. The Morgan fingerprint density at radius 3 is 3.00 bits per heavy atom.